The molecule has 3 fully saturated rings. The topological polar surface area (TPSA) is 92.1 Å². The van der Waals surface area contributed by atoms with E-state index in [1.165, 1.54) is 0 Å². The number of nitrogens with zero attached hydrogens (tertiary/aromatic N) is 4. The first kappa shape index (κ1) is 20.1. The van der Waals surface area contributed by atoms with Crippen LogP contribution < -0.4 is 10.6 Å². The highest BCUT2D eigenvalue weighted by Crippen LogP contribution is 2.39. The summed E-state index contributed by atoms with van der Waals surface area (Å²) >= 11 is 0. The minimum atomic E-state index is -0.150. The van der Waals surface area contributed by atoms with Crippen LogP contribution in [0.4, 0.5) is 0 Å². The number of halogens is 1. The minimum absolute atomic E-state index is 0. The number of rotatable bonds is 3. The summed E-state index contributed by atoms with van der Waals surface area (Å²) in [6.45, 7) is 2.40. The Morgan fingerprint density at radius 1 is 1.31 bits per heavy atom. The van der Waals surface area contributed by atoms with Gasteiger partial charge >= 0.3 is 0 Å². The van der Waals surface area contributed by atoms with E-state index in [0.717, 1.165) is 43.4 Å². The molecule has 5 rings (SSSR count). The van der Waals surface area contributed by atoms with E-state index in [1.54, 1.807) is 17.1 Å². The Morgan fingerprint density at radius 2 is 2.14 bits per heavy atom. The van der Waals surface area contributed by atoms with Crippen LogP contribution in [0, 0.1) is 11.8 Å². The first-order valence-corrected chi connectivity index (χ1v) is 10.2. The van der Waals surface area contributed by atoms with Gasteiger partial charge in [0.2, 0.25) is 5.91 Å². The first-order chi connectivity index (χ1) is 13.6. The molecule has 0 radical (unpaired) electrons. The summed E-state index contributed by atoms with van der Waals surface area (Å²) in [4.78, 5) is 31.9. The number of piperidine rings is 3. The van der Waals surface area contributed by atoms with Gasteiger partial charge in [-0.25, -0.2) is 0 Å². The molecule has 29 heavy (non-hydrogen) atoms. The molecule has 3 aliphatic heterocycles. The number of carbonyl (C=O) groups excluding carboxylic acids is 2. The van der Waals surface area contributed by atoms with Crippen molar-refractivity contribution in [2.24, 2.45) is 18.9 Å². The van der Waals surface area contributed by atoms with Gasteiger partial charge in [-0.2, -0.15) is 5.10 Å². The monoisotopic (exact) mass is 418 g/mol. The number of fused-ring (bicyclic) bond motifs is 5. The van der Waals surface area contributed by atoms with Crippen LogP contribution >= 0.6 is 12.4 Å². The van der Waals surface area contributed by atoms with Gasteiger partial charge in [0.1, 0.15) is 5.52 Å². The molecular formula is C20H27ClN6O2. The normalized spacial score (nSPS) is 28.6. The zero-order chi connectivity index (χ0) is 19.3. The van der Waals surface area contributed by atoms with Gasteiger partial charge in [-0.05, 0) is 43.7 Å². The standard InChI is InChI=1S/C20H26N6O2.ClH/c1-25-17-6-14(9-22-15(17)10-24-25)20(28)23-11-18-13-5-12(7-21-8-13)16-3-2-4-19(27)26(16)18;/h6,9-10,12-13,16,18,21H,2-5,7-8,11H2,1H3,(H,23,28);1H/t12-,13+,16+,18+;/m1./s1. The number of aryl methyl sites for hydroxylation is 1. The number of hydrogen-bond donors (Lipinski definition) is 2. The zero-order valence-corrected chi connectivity index (χ0v) is 17.3. The van der Waals surface area contributed by atoms with E-state index in [-0.39, 0.29) is 30.3 Å². The van der Waals surface area contributed by atoms with Gasteiger partial charge in [0, 0.05) is 38.8 Å². The molecule has 2 N–H and O–H groups in total. The molecule has 2 bridgehead atoms. The lowest BCUT2D eigenvalue weighted by Gasteiger charge is -2.54. The minimum Gasteiger partial charge on any atom is -0.350 e. The number of aromatic nitrogens is 3. The van der Waals surface area contributed by atoms with Crippen LogP contribution in [-0.2, 0) is 11.8 Å². The number of hydrogen-bond acceptors (Lipinski definition) is 5. The summed E-state index contributed by atoms with van der Waals surface area (Å²) in [6, 6.07) is 2.21. The zero-order valence-electron chi connectivity index (χ0n) is 16.5. The third-order valence-electron chi connectivity index (χ3n) is 6.73. The summed E-state index contributed by atoms with van der Waals surface area (Å²) in [7, 11) is 1.84. The molecule has 9 heteroatoms. The molecule has 0 saturated carbocycles. The van der Waals surface area contributed by atoms with Gasteiger partial charge in [0.05, 0.1) is 23.3 Å². The van der Waals surface area contributed by atoms with Crippen molar-refractivity contribution in [3.63, 3.8) is 0 Å². The lowest BCUT2D eigenvalue weighted by molar-refractivity contribution is -0.148. The Bertz CT molecular complexity index is 931. The molecule has 3 aliphatic rings. The van der Waals surface area contributed by atoms with E-state index in [4.69, 9.17) is 0 Å². The summed E-state index contributed by atoms with van der Waals surface area (Å²) in [5.74, 6) is 1.05. The average molecular weight is 419 g/mol. The van der Waals surface area contributed by atoms with Crippen molar-refractivity contribution < 1.29 is 9.59 Å². The van der Waals surface area contributed by atoms with Crippen molar-refractivity contribution in [2.75, 3.05) is 19.6 Å². The predicted molar refractivity (Wildman–Crippen MR) is 111 cm³/mol. The highest BCUT2D eigenvalue weighted by atomic mass is 35.5. The summed E-state index contributed by atoms with van der Waals surface area (Å²) in [5.41, 5.74) is 2.12. The molecule has 4 atom stereocenters. The van der Waals surface area contributed by atoms with E-state index < -0.39 is 0 Å². The van der Waals surface area contributed by atoms with Gasteiger partial charge in [-0.1, -0.05) is 0 Å². The van der Waals surface area contributed by atoms with Crippen LogP contribution in [-0.4, -0.2) is 63.2 Å². The van der Waals surface area contributed by atoms with Gasteiger partial charge in [-0.15, -0.1) is 12.4 Å². The van der Waals surface area contributed by atoms with Crippen LogP contribution in [0.1, 0.15) is 36.0 Å². The first-order valence-electron chi connectivity index (χ1n) is 10.2. The van der Waals surface area contributed by atoms with Gasteiger partial charge in [0.15, 0.2) is 0 Å². The van der Waals surface area contributed by atoms with E-state index >= 15 is 0 Å². The fourth-order valence-electron chi connectivity index (χ4n) is 5.35. The Labute approximate surface area is 175 Å². The number of carbonyl (C=O) groups is 2. The maximum Gasteiger partial charge on any atom is 0.252 e. The van der Waals surface area contributed by atoms with E-state index in [9.17, 15) is 9.59 Å². The highest BCUT2D eigenvalue weighted by Gasteiger charge is 2.47. The van der Waals surface area contributed by atoms with Crippen LogP contribution in [0.15, 0.2) is 18.5 Å². The van der Waals surface area contributed by atoms with Crippen LogP contribution in [0.3, 0.4) is 0 Å². The summed E-state index contributed by atoms with van der Waals surface area (Å²) in [6.07, 6.45) is 7.12. The van der Waals surface area contributed by atoms with Crippen molar-refractivity contribution in [3.8, 4) is 0 Å². The summed E-state index contributed by atoms with van der Waals surface area (Å²) < 4.78 is 1.71. The molecule has 3 saturated heterocycles. The fraction of sp³-hybridized carbons (Fsp3) is 0.600. The molecule has 0 aromatic carbocycles. The smallest absolute Gasteiger partial charge is 0.252 e. The van der Waals surface area contributed by atoms with Crippen molar-refractivity contribution in [1.82, 2.24) is 30.3 Å². The quantitative estimate of drug-likeness (QED) is 0.779. The highest BCUT2D eigenvalue weighted by molar-refractivity contribution is 5.96. The Hall–Kier alpha value is -2.19. The Kier molecular flexibility index (Phi) is 5.48. The molecule has 156 valence electrons. The second-order valence-electron chi connectivity index (χ2n) is 8.35. The number of nitrogens with one attached hydrogen (secondary N) is 2. The fourth-order valence-corrected chi connectivity index (χ4v) is 5.35. The molecule has 8 nitrogen and oxygen atoms in total. The second kappa shape index (κ2) is 7.91. The Morgan fingerprint density at radius 3 is 3.00 bits per heavy atom. The van der Waals surface area contributed by atoms with Crippen LogP contribution in [0.25, 0.3) is 11.0 Å². The molecule has 0 spiro atoms. The lowest BCUT2D eigenvalue weighted by Crippen LogP contribution is -2.66. The predicted octanol–water partition coefficient (Wildman–Crippen LogP) is 1.11. The molecule has 5 heterocycles. The number of pyridine rings is 1. The SMILES string of the molecule is Cl.Cn1ncc2ncc(C(=O)NC[C@H]3[C@@H]4CNC[C@@H](C4)[C@@H]4CCCC(=O)N43)cc21. The molecule has 0 unspecified atom stereocenters. The van der Waals surface area contributed by atoms with E-state index in [0.29, 0.717) is 36.4 Å². The molecule has 2 amide bonds. The largest absolute Gasteiger partial charge is 0.350 e. The molecular weight excluding hydrogens is 392 g/mol. The maximum atomic E-state index is 12.8. The second-order valence-corrected chi connectivity index (χ2v) is 8.35. The van der Waals surface area contributed by atoms with Gasteiger partial charge in [-0.3, -0.25) is 19.3 Å². The Balaban J connectivity index is 0.00000205. The molecule has 0 aliphatic carbocycles. The van der Waals surface area contributed by atoms with Gasteiger partial charge in [0.25, 0.3) is 5.91 Å². The number of amides is 2. The van der Waals surface area contributed by atoms with Gasteiger partial charge < -0.3 is 15.5 Å². The molecule has 2 aromatic heterocycles. The molecule has 2 aromatic rings. The van der Waals surface area contributed by atoms with Crippen molar-refractivity contribution >= 4 is 35.3 Å². The van der Waals surface area contributed by atoms with Crippen molar-refractivity contribution in [3.05, 3.63) is 24.0 Å². The average Bonchev–Trinajstić information content (AvgIpc) is 3.09. The third-order valence-corrected chi connectivity index (χ3v) is 6.73. The van der Waals surface area contributed by atoms with E-state index in [2.05, 4.69) is 25.6 Å². The van der Waals surface area contributed by atoms with Crippen molar-refractivity contribution in [2.45, 2.75) is 37.8 Å². The maximum absolute atomic E-state index is 12.8. The third kappa shape index (κ3) is 3.48. The lowest BCUT2D eigenvalue weighted by atomic mass is 9.72. The van der Waals surface area contributed by atoms with Crippen LogP contribution in [0.5, 0.6) is 0 Å². The van der Waals surface area contributed by atoms with Crippen molar-refractivity contribution in [1.29, 1.82) is 0 Å². The summed E-state index contributed by atoms with van der Waals surface area (Å²) in [5, 5.41) is 10.8. The van der Waals surface area contributed by atoms with Crippen LogP contribution in [0.2, 0.25) is 0 Å². The van der Waals surface area contributed by atoms with E-state index in [1.807, 2.05) is 13.1 Å².